The molecular weight excluding hydrogens is 468 g/mol. The van der Waals surface area contributed by atoms with Crippen molar-refractivity contribution >= 4 is 34.8 Å². The van der Waals surface area contributed by atoms with Crippen LogP contribution in [0.15, 0.2) is 36.4 Å². The highest BCUT2D eigenvalue weighted by molar-refractivity contribution is 6.32. The van der Waals surface area contributed by atoms with Gasteiger partial charge in [-0.3, -0.25) is 4.79 Å². The second-order valence-electron chi connectivity index (χ2n) is 6.87. The third kappa shape index (κ3) is 7.18. The molecule has 0 aliphatic rings. The summed E-state index contributed by atoms with van der Waals surface area (Å²) in [5.74, 6) is 0.0554. The minimum Gasteiger partial charge on any atom is -0.491 e. The quantitative estimate of drug-likeness (QED) is 0.421. The molecule has 0 aromatic heterocycles. The predicted molar refractivity (Wildman–Crippen MR) is 120 cm³/mol. The summed E-state index contributed by atoms with van der Waals surface area (Å²) >= 11 is 12.1. The number of anilines is 1. The Morgan fingerprint density at radius 1 is 0.969 bits per heavy atom. The molecule has 32 heavy (non-hydrogen) atoms. The third-order valence-corrected chi connectivity index (χ3v) is 5.44. The molecule has 10 heteroatoms. The van der Waals surface area contributed by atoms with E-state index in [4.69, 9.17) is 32.7 Å². The van der Waals surface area contributed by atoms with E-state index in [1.807, 2.05) is 0 Å². The SMILES string of the molecule is CCN(CC)CCOc1ccc(N(C)C(=O)COc2ccc(C(F)(F)F)cc2Cl)cc1Cl. The maximum absolute atomic E-state index is 12.7. The van der Waals surface area contributed by atoms with Gasteiger partial charge in [0.15, 0.2) is 6.61 Å². The first kappa shape index (κ1) is 26.1. The van der Waals surface area contributed by atoms with Gasteiger partial charge in [0.25, 0.3) is 5.91 Å². The molecule has 2 aromatic carbocycles. The van der Waals surface area contributed by atoms with Crippen molar-refractivity contribution in [2.45, 2.75) is 20.0 Å². The van der Waals surface area contributed by atoms with Crippen molar-refractivity contribution in [3.05, 3.63) is 52.0 Å². The van der Waals surface area contributed by atoms with Crippen molar-refractivity contribution in [3.63, 3.8) is 0 Å². The number of likely N-dealkylation sites (N-methyl/N-ethyl adjacent to an activating group) is 2. The Morgan fingerprint density at radius 2 is 1.56 bits per heavy atom. The molecule has 0 fully saturated rings. The summed E-state index contributed by atoms with van der Waals surface area (Å²) in [4.78, 5) is 16.0. The van der Waals surface area contributed by atoms with E-state index in [9.17, 15) is 18.0 Å². The fourth-order valence-electron chi connectivity index (χ4n) is 2.81. The van der Waals surface area contributed by atoms with Gasteiger partial charge in [-0.05, 0) is 49.5 Å². The van der Waals surface area contributed by atoms with E-state index in [1.165, 1.54) is 11.9 Å². The molecule has 0 radical (unpaired) electrons. The number of halogens is 5. The molecule has 0 spiro atoms. The molecule has 0 atom stereocenters. The Kier molecular flexibility index (Phi) is 9.48. The highest BCUT2D eigenvalue weighted by atomic mass is 35.5. The van der Waals surface area contributed by atoms with E-state index in [1.54, 1.807) is 18.2 Å². The molecule has 0 aliphatic heterocycles. The predicted octanol–water partition coefficient (Wildman–Crippen LogP) is 5.77. The van der Waals surface area contributed by atoms with Crippen LogP contribution in [0.25, 0.3) is 0 Å². The van der Waals surface area contributed by atoms with Gasteiger partial charge >= 0.3 is 6.18 Å². The first-order valence-electron chi connectivity index (χ1n) is 9.97. The maximum Gasteiger partial charge on any atom is 0.416 e. The van der Waals surface area contributed by atoms with E-state index in [0.717, 1.165) is 37.8 Å². The average molecular weight is 493 g/mol. The van der Waals surface area contributed by atoms with Crippen LogP contribution in [0.2, 0.25) is 10.0 Å². The number of hydrogen-bond donors (Lipinski definition) is 0. The van der Waals surface area contributed by atoms with E-state index in [0.29, 0.717) is 23.1 Å². The van der Waals surface area contributed by atoms with Gasteiger partial charge in [-0.15, -0.1) is 0 Å². The van der Waals surface area contributed by atoms with Gasteiger partial charge in [-0.25, -0.2) is 0 Å². The van der Waals surface area contributed by atoms with Crippen LogP contribution in [0.3, 0.4) is 0 Å². The number of benzene rings is 2. The van der Waals surface area contributed by atoms with Crippen LogP contribution in [0.5, 0.6) is 11.5 Å². The third-order valence-electron chi connectivity index (χ3n) is 4.85. The molecular formula is C22H25Cl2F3N2O3. The number of ether oxygens (including phenoxy) is 2. The summed E-state index contributed by atoms with van der Waals surface area (Å²) in [5.41, 5.74) is -0.384. The van der Waals surface area contributed by atoms with Crippen LogP contribution in [0.4, 0.5) is 18.9 Å². The number of alkyl halides is 3. The zero-order valence-corrected chi connectivity index (χ0v) is 19.5. The van der Waals surface area contributed by atoms with Gasteiger partial charge in [0, 0.05) is 19.3 Å². The lowest BCUT2D eigenvalue weighted by atomic mass is 10.2. The van der Waals surface area contributed by atoms with E-state index >= 15 is 0 Å². The van der Waals surface area contributed by atoms with E-state index < -0.39 is 24.3 Å². The molecule has 1 amide bonds. The lowest BCUT2D eigenvalue weighted by Crippen LogP contribution is -2.31. The number of hydrogen-bond acceptors (Lipinski definition) is 4. The number of carbonyl (C=O) groups is 1. The fourth-order valence-corrected chi connectivity index (χ4v) is 3.28. The summed E-state index contributed by atoms with van der Waals surface area (Å²) in [6.07, 6.45) is -4.52. The highest BCUT2D eigenvalue weighted by Crippen LogP contribution is 2.35. The topological polar surface area (TPSA) is 42.0 Å². The van der Waals surface area contributed by atoms with E-state index in [2.05, 4.69) is 18.7 Å². The fraction of sp³-hybridized carbons (Fsp3) is 0.409. The van der Waals surface area contributed by atoms with Gasteiger partial charge in [0.2, 0.25) is 0 Å². The first-order chi connectivity index (χ1) is 15.1. The number of rotatable bonds is 10. The van der Waals surface area contributed by atoms with Crippen molar-refractivity contribution in [1.29, 1.82) is 0 Å². The van der Waals surface area contributed by atoms with Crippen LogP contribution in [0, 0.1) is 0 Å². The largest absolute Gasteiger partial charge is 0.491 e. The van der Waals surface area contributed by atoms with Crippen LogP contribution in [-0.2, 0) is 11.0 Å². The summed E-state index contributed by atoms with van der Waals surface area (Å²) in [6, 6.07) is 7.63. The van der Waals surface area contributed by atoms with Crippen LogP contribution in [0.1, 0.15) is 19.4 Å². The average Bonchev–Trinajstić information content (AvgIpc) is 2.75. The number of nitrogens with zero attached hydrogens (tertiary/aromatic N) is 2. The van der Waals surface area contributed by atoms with Crippen LogP contribution < -0.4 is 14.4 Å². The summed E-state index contributed by atoms with van der Waals surface area (Å²) < 4.78 is 49.2. The summed E-state index contributed by atoms with van der Waals surface area (Å²) in [6.45, 7) is 6.85. The van der Waals surface area contributed by atoms with Gasteiger partial charge in [0.1, 0.15) is 18.1 Å². The Balaban J connectivity index is 1.95. The van der Waals surface area contributed by atoms with E-state index in [-0.39, 0.29) is 10.8 Å². The maximum atomic E-state index is 12.7. The standard InChI is InChI=1S/C22H25Cl2F3N2O3/c1-4-29(5-2)10-11-31-19-9-7-16(13-18(19)24)28(3)21(30)14-32-20-8-6-15(12-17(20)23)22(25,26)27/h6-9,12-13H,4-5,10-11,14H2,1-3H3. The highest BCUT2D eigenvalue weighted by Gasteiger charge is 2.31. The Morgan fingerprint density at radius 3 is 2.12 bits per heavy atom. The second kappa shape index (κ2) is 11.6. The summed E-state index contributed by atoms with van der Waals surface area (Å²) in [7, 11) is 1.53. The Hall–Kier alpha value is -2.16. The number of amides is 1. The zero-order valence-electron chi connectivity index (χ0n) is 18.0. The smallest absolute Gasteiger partial charge is 0.416 e. The Bertz CT molecular complexity index is 922. The molecule has 0 heterocycles. The monoisotopic (exact) mass is 492 g/mol. The van der Waals surface area contributed by atoms with Crippen molar-refractivity contribution in [3.8, 4) is 11.5 Å². The van der Waals surface area contributed by atoms with Crippen molar-refractivity contribution in [2.75, 3.05) is 44.8 Å². The van der Waals surface area contributed by atoms with Crippen molar-refractivity contribution < 1.29 is 27.4 Å². The molecule has 176 valence electrons. The molecule has 0 unspecified atom stereocenters. The minimum atomic E-state index is -4.52. The van der Waals surface area contributed by atoms with Gasteiger partial charge < -0.3 is 19.3 Å². The molecule has 0 bridgehead atoms. The van der Waals surface area contributed by atoms with Crippen LogP contribution >= 0.6 is 23.2 Å². The normalized spacial score (nSPS) is 11.5. The lowest BCUT2D eigenvalue weighted by molar-refractivity contribution is -0.137. The van der Waals surface area contributed by atoms with Gasteiger partial charge in [-0.1, -0.05) is 37.0 Å². The lowest BCUT2D eigenvalue weighted by Gasteiger charge is -2.20. The molecule has 0 N–H and O–H groups in total. The minimum absolute atomic E-state index is 0.0172. The first-order valence-corrected chi connectivity index (χ1v) is 10.7. The molecule has 2 aromatic rings. The van der Waals surface area contributed by atoms with Gasteiger partial charge in [-0.2, -0.15) is 13.2 Å². The molecule has 0 saturated heterocycles. The van der Waals surface area contributed by atoms with Crippen molar-refractivity contribution in [2.24, 2.45) is 0 Å². The Labute approximate surface area is 195 Å². The zero-order chi connectivity index (χ0) is 23.9. The second-order valence-corrected chi connectivity index (χ2v) is 7.69. The molecule has 5 nitrogen and oxygen atoms in total. The van der Waals surface area contributed by atoms with Gasteiger partial charge in [0.05, 0.1) is 15.6 Å². The molecule has 0 saturated carbocycles. The van der Waals surface area contributed by atoms with Crippen molar-refractivity contribution in [1.82, 2.24) is 4.90 Å². The number of carbonyl (C=O) groups excluding carboxylic acids is 1. The molecule has 2 rings (SSSR count). The van der Waals surface area contributed by atoms with Crippen LogP contribution in [-0.4, -0.2) is 50.7 Å². The summed E-state index contributed by atoms with van der Waals surface area (Å²) in [5, 5.41) is 0.123. The molecule has 0 aliphatic carbocycles.